The number of hydrogen-bond donors (Lipinski definition) is 2. The van der Waals surface area contributed by atoms with Crippen molar-refractivity contribution in [2.75, 3.05) is 0 Å². The fraction of sp³-hybridized carbons (Fsp3) is 0.774. The number of unbranched alkanes of at least 4 members (excludes halogenated alkanes) is 34. The van der Waals surface area contributed by atoms with Crippen LogP contribution in [0.15, 0.2) is 36.4 Å². The Morgan fingerprint density at radius 1 is 0.273 bits per heavy atom. The zero-order valence-electron chi connectivity index (χ0n) is 36.9. The zero-order chi connectivity index (χ0) is 39.3. The summed E-state index contributed by atoms with van der Waals surface area (Å²) < 4.78 is 0. The molecule has 0 aliphatic carbocycles. The molecule has 0 radical (unpaired) electrons. The van der Waals surface area contributed by atoms with Crippen LogP contribution in [-0.4, -0.2) is 10.2 Å². The van der Waals surface area contributed by atoms with Crippen LogP contribution >= 0.6 is 0 Å². The third kappa shape index (κ3) is 26.6. The van der Waals surface area contributed by atoms with E-state index in [1.54, 1.807) is 0 Å². The van der Waals surface area contributed by atoms with Crippen molar-refractivity contribution in [3.8, 4) is 11.5 Å². The molecule has 2 aromatic rings. The molecule has 0 aliphatic rings. The van der Waals surface area contributed by atoms with Crippen LogP contribution in [0.5, 0.6) is 11.5 Å². The first-order valence-corrected chi connectivity index (χ1v) is 24.8. The van der Waals surface area contributed by atoms with Crippen molar-refractivity contribution in [1.29, 1.82) is 0 Å². The summed E-state index contributed by atoms with van der Waals surface area (Å²) in [4.78, 5) is 0. The molecule has 0 heterocycles. The Kier molecular flexibility index (Phi) is 32.5. The highest BCUT2D eigenvalue weighted by Gasteiger charge is 2.12. The lowest BCUT2D eigenvalue weighted by Crippen LogP contribution is -1.96. The second-order valence-corrected chi connectivity index (χ2v) is 17.5. The highest BCUT2D eigenvalue weighted by atomic mass is 16.3. The van der Waals surface area contributed by atoms with Crippen molar-refractivity contribution >= 4 is 0 Å². The molecule has 0 atom stereocenters. The Hall–Kier alpha value is -1.96. The molecule has 0 spiro atoms. The summed E-state index contributed by atoms with van der Waals surface area (Å²) in [5.41, 5.74) is 3.98. The maximum absolute atomic E-state index is 11.1. The third-order valence-corrected chi connectivity index (χ3v) is 12.4. The number of benzene rings is 2. The molecule has 2 heteroatoms. The number of rotatable bonds is 40. The van der Waals surface area contributed by atoms with Gasteiger partial charge in [0.25, 0.3) is 0 Å². The molecule has 2 N–H and O–H groups in total. The van der Waals surface area contributed by atoms with Crippen molar-refractivity contribution in [1.82, 2.24) is 0 Å². The van der Waals surface area contributed by atoms with Gasteiger partial charge in [0.2, 0.25) is 0 Å². The van der Waals surface area contributed by atoms with E-state index in [1.165, 1.54) is 218 Å². The van der Waals surface area contributed by atoms with Gasteiger partial charge in [-0.3, -0.25) is 0 Å². The van der Waals surface area contributed by atoms with Crippen molar-refractivity contribution < 1.29 is 10.2 Å². The van der Waals surface area contributed by atoms with E-state index in [4.69, 9.17) is 0 Å². The van der Waals surface area contributed by atoms with Crippen LogP contribution in [0.3, 0.4) is 0 Å². The first-order chi connectivity index (χ1) is 27.2. The van der Waals surface area contributed by atoms with Gasteiger partial charge in [0.15, 0.2) is 0 Å². The quantitative estimate of drug-likeness (QED) is 0.0664. The van der Waals surface area contributed by atoms with Gasteiger partial charge >= 0.3 is 0 Å². The standard InChI is InChI=1S/C53H92O2/c1-3-5-7-9-11-13-15-17-19-21-23-25-27-29-31-33-35-37-41-48-43-39-45-50(52(48)54)47-51-46-40-44-49(53(51)55)42-38-36-34-32-30-28-26-24-22-20-18-16-14-12-10-8-6-4-2/h39-40,43-46,54-55H,3-38,41-42,47H2,1-2H3. The Morgan fingerprint density at radius 2 is 0.473 bits per heavy atom. The molecule has 55 heavy (non-hydrogen) atoms. The average Bonchev–Trinajstić information content (AvgIpc) is 3.19. The first kappa shape index (κ1) is 49.2. The van der Waals surface area contributed by atoms with Crippen LogP contribution < -0.4 is 0 Å². The van der Waals surface area contributed by atoms with E-state index in [0.29, 0.717) is 17.9 Å². The van der Waals surface area contributed by atoms with E-state index in [-0.39, 0.29) is 0 Å². The molecule has 0 fully saturated rings. The molecule has 0 bridgehead atoms. The number of aromatic hydroxyl groups is 2. The van der Waals surface area contributed by atoms with Gasteiger partial charge in [0, 0.05) is 6.42 Å². The molecule has 0 amide bonds. The highest BCUT2D eigenvalue weighted by Crippen LogP contribution is 2.31. The maximum atomic E-state index is 11.1. The largest absolute Gasteiger partial charge is 0.507 e. The predicted molar refractivity (Wildman–Crippen MR) is 244 cm³/mol. The summed E-state index contributed by atoms with van der Waals surface area (Å²) in [6.45, 7) is 4.59. The van der Waals surface area contributed by atoms with E-state index < -0.39 is 0 Å². The lowest BCUT2D eigenvalue weighted by molar-refractivity contribution is 0.453. The molecule has 0 aliphatic heterocycles. The predicted octanol–water partition coefficient (Wildman–Crippen LogP) is 17.9. The Balaban J connectivity index is 1.48. The van der Waals surface area contributed by atoms with Crippen molar-refractivity contribution in [2.45, 2.75) is 264 Å². The smallest absolute Gasteiger partial charge is 0.122 e. The molecule has 2 rings (SSSR count). The number of aryl methyl sites for hydroxylation is 2. The minimum absolute atomic E-state index is 0.433. The SMILES string of the molecule is CCCCCCCCCCCCCCCCCCCCc1cccc(Cc2cccc(CCCCCCCCCCCCCCCCCCCC)c2O)c1O. The second kappa shape index (κ2) is 36.4. The summed E-state index contributed by atoms with van der Waals surface area (Å²) >= 11 is 0. The first-order valence-electron chi connectivity index (χ1n) is 24.8. The third-order valence-electron chi connectivity index (χ3n) is 12.4. The van der Waals surface area contributed by atoms with Gasteiger partial charge in [-0.2, -0.15) is 0 Å². The molecule has 2 nitrogen and oxygen atoms in total. The summed E-state index contributed by atoms with van der Waals surface area (Å²) in [6.07, 6.45) is 52.4. The molecule has 0 saturated heterocycles. The maximum Gasteiger partial charge on any atom is 0.122 e. The lowest BCUT2D eigenvalue weighted by Gasteiger charge is -2.13. The number of para-hydroxylation sites is 2. The van der Waals surface area contributed by atoms with E-state index in [2.05, 4.69) is 38.1 Å². The van der Waals surface area contributed by atoms with E-state index in [1.807, 2.05) is 12.1 Å². The van der Waals surface area contributed by atoms with Gasteiger partial charge < -0.3 is 10.2 Å². The number of phenolic OH excluding ortho intramolecular Hbond substituents is 2. The van der Waals surface area contributed by atoms with Crippen LogP contribution in [0.1, 0.15) is 267 Å². The minimum atomic E-state index is 0.433. The summed E-state index contributed by atoms with van der Waals surface area (Å²) in [5.74, 6) is 0.866. The van der Waals surface area contributed by atoms with Crippen molar-refractivity contribution in [3.05, 3.63) is 58.7 Å². The van der Waals surface area contributed by atoms with Gasteiger partial charge in [-0.1, -0.05) is 269 Å². The molecule has 0 saturated carbocycles. The second-order valence-electron chi connectivity index (χ2n) is 17.5. The molecule has 2 aromatic carbocycles. The van der Waals surface area contributed by atoms with Crippen LogP contribution in [0.4, 0.5) is 0 Å². The lowest BCUT2D eigenvalue weighted by atomic mass is 9.95. The molecule has 0 unspecified atom stereocenters. The average molecular weight is 761 g/mol. The zero-order valence-corrected chi connectivity index (χ0v) is 36.9. The number of hydrogen-bond acceptors (Lipinski definition) is 2. The monoisotopic (exact) mass is 761 g/mol. The summed E-state index contributed by atoms with van der Waals surface area (Å²) in [6, 6.07) is 12.4. The molecule has 316 valence electrons. The van der Waals surface area contributed by atoms with Gasteiger partial charge in [0.1, 0.15) is 11.5 Å². The summed E-state index contributed by atoms with van der Waals surface area (Å²) in [5, 5.41) is 22.3. The van der Waals surface area contributed by atoms with Crippen LogP contribution in [0, 0.1) is 0 Å². The van der Waals surface area contributed by atoms with E-state index in [0.717, 1.165) is 47.9 Å². The fourth-order valence-corrected chi connectivity index (χ4v) is 8.62. The van der Waals surface area contributed by atoms with Crippen molar-refractivity contribution in [3.63, 3.8) is 0 Å². The summed E-state index contributed by atoms with van der Waals surface area (Å²) in [7, 11) is 0. The topological polar surface area (TPSA) is 40.5 Å². The van der Waals surface area contributed by atoms with Crippen LogP contribution in [0.25, 0.3) is 0 Å². The highest BCUT2D eigenvalue weighted by molar-refractivity contribution is 5.47. The molecular weight excluding hydrogens is 669 g/mol. The van der Waals surface area contributed by atoms with Crippen LogP contribution in [-0.2, 0) is 19.3 Å². The van der Waals surface area contributed by atoms with Gasteiger partial charge in [-0.05, 0) is 47.9 Å². The Labute approximate surface area is 343 Å². The van der Waals surface area contributed by atoms with Gasteiger partial charge in [-0.25, -0.2) is 0 Å². The fourth-order valence-electron chi connectivity index (χ4n) is 8.62. The van der Waals surface area contributed by atoms with E-state index >= 15 is 0 Å². The van der Waals surface area contributed by atoms with Crippen molar-refractivity contribution in [2.24, 2.45) is 0 Å². The normalized spacial score (nSPS) is 11.5. The van der Waals surface area contributed by atoms with Gasteiger partial charge in [-0.15, -0.1) is 0 Å². The Bertz CT molecular complexity index is 1030. The van der Waals surface area contributed by atoms with E-state index in [9.17, 15) is 10.2 Å². The minimum Gasteiger partial charge on any atom is -0.507 e. The van der Waals surface area contributed by atoms with Crippen LogP contribution in [0.2, 0.25) is 0 Å². The number of phenols is 2. The molecule has 0 aromatic heterocycles. The van der Waals surface area contributed by atoms with Gasteiger partial charge in [0.05, 0.1) is 0 Å². The Morgan fingerprint density at radius 3 is 0.709 bits per heavy atom. The molecular formula is C53H92O2.